The molecule has 40 heavy (non-hydrogen) atoms. The van der Waals surface area contributed by atoms with E-state index in [1.165, 1.54) is 13.0 Å². The molecule has 0 spiro atoms. The van der Waals surface area contributed by atoms with Gasteiger partial charge in [0.05, 0.1) is 22.3 Å². The minimum Gasteiger partial charge on any atom is -0.351 e. The maximum Gasteiger partial charge on any atom is 0.417 e. The van der Waals surface area contributed by atoms with Crippen LogP contribution in [0.5, 0.6) is 0 Å². The van der Waals surface area contributed by atoms with E-state index in [9.17, 15) is 18.0 Å². The number of fused-ring (bicyclic) bond motifs is 3. The van der Waals surface area contributed by atoms with Gasteiger partial charge in [0.25, 0.3) is 5.91 Å². The number of aromatic amines is 1. The highest BCUT2D eigenvalue weighted by molar-refractivity contribution is 6.10. The number of pyridine rings is 2. The minimum absolute atomic E-state index is 0.0232. The Morgan fingerprint density at radius 2 is 1.68 bits per heavy atom. The molecule has 3 aromatic heterocycles. The highest BCUT2D eigenvalue weighted by Crippen LogP contribution is 2.43. The number of halogens is 3. The van der Waals surface area contributed by atoms with Crippen LogP contribution in [0.25, 0.3) is 33.1 Å². The van der Waals surface area contributed by atoms with Crippen molar-refractivity contribution in [3.63, 3.8) is 0 Å². The highest BCUT2D eigenvalue weighted by Gasteiger charge is 2.37. The van der Waals surface area contributed by atoms with E-state index in [2.05, 4.69) is 37.3 Å². The van der Waals surface area contributed by atoms with Gasteiger partial charge in [-0.1, -0.05) is 18.1 Å². The second-order valence-corrected chi connectivity index (χ2v) is 9.53. The molecule has 5 rings (SSSR count). The third-order valence-electron chi connectivity index (χ3n) is 6.47. The topological polar surface area (TPSA) is 86.8 Å². The summed E-state index contributed by atoms with van der Waals surface area (Å²) in [5.41, 5.74) is 1.71. The molecule has 1 amide bonds. The van der Waals surface area contributed by atoms with E-state index in [0.29, 0.717) is 35.3 Å². The molecule has 0 unspecified atom stereocenters. The predicted octanol–water partition coefficient (Wildman–Crippen LogP) is 5.19. The van der Waals surface area contributed by atoms with Crippen molar-refractivity contribution in [1.82, 2.24) is 30.4 Å². The van der Waals surface area contributed by atoms with Gasteiger partial charge in [-0.2, -0.15) is 18.3 Å². The van der Waals surface area contributed by atoms with Crippen LogP contribution in [-0.4, -0.2) is 58.2 Å². The molecular formula is C30H25F3N6O. The van der Waals surface area contributed by atoms with Crippen LogP contribution in [0.3, 0.4) is 0 Å². The zero-order valence-corrected chi connectivity index (χ0v) is 22.0. The fourth-order valence-electron chi connectivity index (χ4n) is 4.53. The summed E-state index contributed by atoms with van der Waals surface area (Å²) >= 11 is 0. The summed E-state index contributed by atoms with van der Waals surface area (Å²) in [6, 6.07) is 13.0. The average Bonchev–Trinajstić information content (AvgIpc) is 3.34. The van der Waals surface area contributed by atoms with E-state index in [0.717, 1.165) is 0 Å². The number of hydrogen-bond acceptors (Lipinski definition) is 5. The zero-order chi connectivity index (χ0) is 28.4. The van der Waals surface area contributed by atoms with Crippen LogP contribution in [0.15, 0.2) is 60.9 Å². The maximum atomic E-state index is 14.7. The lowest BCUT2D eigenvalue weighted by Gasteiger charge is -2.18. The molecule has 0 aliphatic heterocycles. The Morgan fingerprint density at radius 1 is 0.975 bits per heavy atom. The Kier molecular flexibility index (Phi) is 7.24. The average molecular weight is 543 g/mol. The number of likely N-dealkylation sites (N-methyl/N-ethyl adjacent to an activating group) is 1. The molecular weight excluding hydrogens is 517 g/mol. The summed E-state index contributed by atoms with van der Waals surface area (Å²) in [6.07, 6.45) is -1.50. The summed E-state index contributed by atoms with van der Waals surface area (Å²) in [7, 11) is 3.81. The van der Waals surface area contributed by atoms with Crippen molar-refractivity contribution in [3.8, 4) is 23.1 Å². The van der Waals surface area contributed by atoms with Gasteiger partial charge in [-0.05, 0) is 68.9 Å². The van der Waals surface area contributed by atoms with E-state index in [1.54, 1.807) is 54.9 Å². The van der Waals surface area contributed by atoms with Crippen molar-refractivity contribution < 1.29 is 18.0 Å². The first-order chi connectivity index (χ1) is 19.1. The molecule has 0 saturated carbocycles. The number of rotatable bonds is 5. The highest BCUT2D eigenvalue weighted by atomic mass is 19.4. The van der Waals surface area contributed by atoms with Gasteiger partial charge in [0.2, 0.25) is 0 Å². The summed E-state index contributed by atoms with van der Waals surface area (Å²) < 4.78 is 44.0. The molecule has 5 aromatic rings. The van der Waals surface area contributed by atoms with Gasteiger partial charge in [-0.25, -0.2) is 4.98 Å². The first-order valence-electron chi connectivity index (χ1n) is 12.5. The number of carbonyl (C=O) groups is 1. The fourth-order valence-corrected chi connectivity index (χ4v) is 4.53. The van der Waals surface area contributed by atoms with Gasteiger partial charge < -0.3 is 10.2 Å². The molecule has 0 aliphatic carbocycles. The van der Waals surface area contributed by atoms with E-state index in [1.807, 2.05) is 19.0 Å². The van der Waals surface area contributed by atoms with Crippen LogP contribution in [0, 0.1) is 18.8 Å². The van der Waals surface area contributed by atoms with Gasteiger partial charge in [0.15, 0.2) is 0 Å². The number of benzene rings is 2. The molecule has 202 valence electrons. The molecule has 0 aliphatic rings. The Morgan fingerprint density at radius 3 is 2.35 bits per heavy atom. The molecule has 0 atom stereocenters. The number of hydrogen-bond donors (Lipinski definition) is 2. The summed E-state index contributed by atoms with van der Waals surface area (Å²) in [5, 5.41) is 10.0. The van der Waals surface area contributed by atoms with Crippen LogP contribution in [0.4, 0.5) is 13.2 Å². The molecule has 0 bridgehead atoms. The van der Waals surface area contributed by atoms with Crippen molar-refractivity contribution in [2.24, 2.45) is 0 Å². The monoisotopic (exact) mass is 542 g/mol. The Bertz CT molecular complexity index is 1770. The third kappa shape index (κ3) is 5.37. The fraction of sp³-hybridized carbons (Fsp3) is 0.200. The van der Waals surface area contributed by atoms with E-state index < -0.39 is 11.7 Å². The van der Waals surface area contributed by atoms with Crippen molar-refractivity contribution >= 4 is 27.7 Å². The first-order valence-corrected chi connectivity index (χ1v) is 12.5. The SMILES string of the molecule is Cc1c(-c2ccc(C(=O)NCCN(C)C)cc2)nc2ccc3n[nH]c(C#Cc4ccncc4)c3c2c1C(F)(F)F. The number of H-pyrrole nitrogens is 1. The summed E-state index contributed by atoms with van der Waals surface area (Å²) in [5.74, 6) is 5.62. The quantitative estimate of drug-likeness (QED) is 0.299. The Balaban J connectivity index is 1.62. The molecule has 7 nitrogen and oxygen atoms in total. The third-order valence-corrected chi connectivity index (χ3v) is 6.47. The van der Waals surface area contributed by atoms with Crippen molar-refractivity contribution in [3.05, 3.63) is 88.9 Å². The normalized spacial score (nSPS) is 11.6. The molecule has 10 heteroatoms. The smallest absolute Gasteiger partial charge is 0.351 e. The maximum absolute atomic E-state index is 14.7. The van der Waals surface area contributed by atoms with Gasteiger partial charge in [0, 0.05) is 52.9 Å². The van der Waals surface area contributed by atoms with Gasteiger partial charge >= 0.3 is 6.18 Å². The second kappa shape index (κ2) is 10.8. The zero-order valence-electron chi connectivity index (χ0n) is 22.0. The van der Waals surface area contributed by atoms with Gasteiger partial charge in [-0.3, -0.25) is 14.9 Å². The van der Waals surface area contributed by atoms with E-state index >= 15 is 0 Å². The molecule has 2 aromatic carbocycles. The standard InChI is InChI=1S/C30H25F3N6O/c1-18-27(30(31,32)33)26-22(10-11-24-25(26)23(37-38-24)9-4-19-12-14-34-15-13-19)36-28(18)20-5-7-21(8-6-20)29(40)35-16-17-39(2)3/h5-8,10-15H,16-17H2,1-3H3,(H,35,40)(H,37,38). The number of aromatic nitrogens is 4. The van der Waals surface area contributed by atoms with E-state index in [-0.39, 0.29) is 39.1 Å². The van der Waals surface area contributed by atoms with Gasteiger partial charge in [0.1, 0.15) is 5.69 Å². The predicted molar refractivity (Wildman–Crippen MR) is 148 cm³/mol. The molecule has 0 fully saturated rings. The minimum atomic E-state index is -4.67. The number of carbonyl (C=O) groups excluding carboxylic acids is 1. The lowest BCUT2D eigenvalue weighted by Crippen LogP contribution is -2.31. The molecule has 3 heterocycles. The largest absolute Gasteiger partial charge is 0.417 e. The van der Waals surface area contributed by atoms with E-state index in [4.69, 9.17) is 0 Å². The summed E-state index contributed by atoms with van der Waals surface area (Å²) in [6.45, 7) is 2.57. The molecule has 0 radical (unpaired) electrons. The number of amides is 1. The lowest BCUT2D eigenvalue weighted by molar-refractivity contribution is -0.136. The van der Waals surface area contributed by atoms with Crippen LogP contribution in [0.2, 0.25) is 0 Å². The Hall–Kier alpha value is -4.75. The van der Waals surface area contributed by atoms with Crippen LogP contribution < -0.4 is 5.32 Å². The second-order valence-electron chi connectivity index (χ2n) is 9.53. The van der Waals surface area contributed by atoms with Crippen LogP contribution >= 0.6 is 0 Å². The van der Waals surface area contributed by atoms with Gasteiger partial charge in [-0.15, -0.1) is 0 Å². The van der Waals surface area contributed by atoms with Crippen molar-refractivity contribution in [2.45, 2.75) is 13.1 Å². The number of nitrogens with zero attached hydrogens (tertiary/aromatic N) is 4. The number of alkyl halides is 3. The molecule has 2 N–H and O–H groups in total. The molecule has 0 saturated heterocycles. The number of nitrogens with one attached hydrogen (secondary N) is 2. The first kappa shape index (κ1) is 26.8. The Labute approximate surface area is 228 Å². The summed E-state index contributed by atoms with van der Waals surface area (Å²) in [4.78, 5) is 23.0. The van der Waals surface area contributed by atoms with Crippen molar-refractivity contribution in [2.75, 3.05) is 27.2 Å². The van der Waals surface area contributed by atoms with Crippen LogP contribution in [0.1, 0.15) is 32.7 Å². The lowest BCUT2D eigenvalue weighted by atomic mass is 9.94. The van der Waals surface area contributed by atoms with Crippen molar-refractivity contribution in [1.29, 1.82) is 0 Å². The van der Waals surface area contributed by atoms with Crippen LogP contribution in [-0.2, 0) is 6.18 Å².